The number of fused-ring (bicyclic) bond motifs is 1. The number of carbonyl (C=O) groups is 1. The number of aromatic nitrogens is 2. The molecule has 4 rings (SSSR count). The van der Waals surface area contributed by atoms with Gasteiger partial charge in [-0.05, 0) is 43.5 Å². The molecule has 0 spiro atoms. The lowest BCUT2D eigenvalue weighted by Gasteiger charge is -2.33. The second kappa shape index (κ2) is 12.4. The average molecular weight is 548 g/mol. The Hall–Kier alpha value is -2.50. The Morgan fingerprint density at radius 3 is 2.78 bits per heavy atom. The molecular formula is C26H34ClN5O4S. The lowest BCUT2D eigenvalue weighted by atomic mass is 9.96. The van der Waals surface area contributed by atoms with Crippen molar-refractivity contribution in [2.24, 2.45) is 5.73 Å². The first-order valence-electron chi connectivity index (χ1n) is 12.5. The van der Waals surface area contributed by atoms with Crippen molar-refractivity contribution in [2.75, 3.05) is 33.4 Å². The van der Waals surface area contributed by atoms with Crippen molar-refractivity contribution in [3.8, 4) is 0 Å². The summed E-state index contributed by atoms with van der Waals surface area (Å²) in [6.07, 6.45) is 2.73. The molecule has 37 heavy (non-hydrogen) atoms. The van der Waals surface area contributed by atoms with Crippen molar-refractivity contribution in [3.63, 3.8) is 0 Å². The van der Waals surface area contributed by atoms with Crippen LogP contribution < -0.4 is 10.5 Å². The number of carbonyl (C=O) groups excluding carboxylic acids is 1. The summed E-state index contributed by atoms with van der Waals surface area (Å²) >= 11 is 6.02. The van der Waals surface area contributed by atoms with Gasteiger partial charge in [0.15, 0.2) is 0 Å². The third-order valence-electron chi connectivity index (χ3n) is 6.65. The fourth-order valence-corrected chi connectivity index (χ4v) is 6.42. The van der Waals surface area contributed by atoms with Gasteiger partial charge >= 0.3 is 0 Å². The van der Waals surface area contributed by atoms with Crippen LogP contribution >= 0.6 is 11.6 Å². The number of nitrogens with one attached hydrogen (secondary N) is 1. The zero-order chi connectivity index (χ0) is 26.4. The van der Waals surface area contributed by atoms with E-state index in [4.69, 9.17) is 27.1 Å². The molecule has 200 valence electrons. The predicted molar refractivity (Wildman–Crippen MR) is 144 cm³/mol. The number of aryl methyl sites for hydroxylation is 1. The Kier molecular flexibility index (Phi) is 9.20. The van der Waals surface area contributed by atoms with E-state index in [0.717, 1.165) is 42.7 Å². The number of hydrogen-bond donors (Lipinski definition) is 2. The lowest BCUT2D eigenvalue weighted by Crippen LogP contribution is -2.45. The van der Waals surface area contributed by atoms with Crippen molar-refractivity contribution in [2.45, 2.75) is 49.1 Å². The largest absolute Gasteiger partial charge is 0.385 e. The topological polar surface area (TPSA) is 120 Å². The van der Waals surface area contributed by atoms with E-state index in [1.807, 2.05) is 23.1 Å². The fraction of sp³-hybridized carbons (Fsp3) is 0.462. The smallest absolute Gasteiger partial charge is 0.242 e. The first-order valence-corrected chi connectivity index (χ1v) is 14.4. The maximum Gasteiger partial charge on any atom is 0.242 e. The van der Waals surface area contributed by atoms with Gasteiger partial charge in [-0.2, -0.15) is 0 Å². The van der Waals surface area contributed by atoms with Crippen molar-refractivity contribution in [3.05, 3.63) is 59.4 Å². The number of amides is 1. The molecule has 0 aliphatic carbocycles. The number of rotatable bonds is 11. The molecule has 11 heteroatoms. The lowest BCUT2D eigenvalue weighted by molar-refractivity contribution is -0.132. The van der Waals surface area contributed by atoms with Crippen LogP contribution in [0.5, 0.6) is 0 Å². The molecule has 1 fully saturated rings. The number of piperidine rings is 1. The highest BCUT2D eigenvalue weighted by molar-refractivity contribution is 7.89. The number of methoxy groups -OCH3 is 1. The van der Waals surface area contributed by atoms with E-state index >= 15 is 0 Å². The zero-order valence-corrected chi connectivity index (χ0v) is 22.5. The van der Waals surface area contributed by atoms with Crippen LogP contribution in [-0.4, -0.2) is 68.2 Å². The number of benzene rings is 2. The van der Waals surface area contributed by atoms with Crippen LogP contribution in [0.4, 0.5) is 0 Å². The minimum absolute atomic E-state index is 0.0116. The van der Waals surface area contributed by atoms with Crippen molar-refractivity contribution >= 4 is 38.6 Å². The van der Waals surface area contributed by atoms with Crippen LogP contribution in [0.2, 0.25) is 5.02 Å². The van der Waals surface area contributed by atoms with E-state index in [1.54, 1.807) is 19.2 Å². The van der Waals surface area contributed by atoms with Crippen molar-refractivity contribution in [1.29, 1.82) is 0 Å². The summed E-state index contributed by atoms with van der Waals surface area (Å²) in [5.41, 5.74) is 8.20. The first-order chi connectivity index (χ1) is 17.8. The molecule has 1 amide bonds. The number of halogens is 1. The van der Waals surface area contributed by atoms with E-state index in [9.17, 15) is 13.2 Å². The molecule has 2 aromatic carbocycles. The average Bonchev–Trinajstić information content (AvgIpc) is 3.26. The third-order valence-corrected chi connectivity index (χ3v) is 8.58. The molecule has 0 saturated carbocycles. The van der Waals surface area contributed by atoms with E-state index in [0.29, 0.717) is 19.7 Å². The Bertz CT molecular complexity index is 1330. The summed E-state index contributed by atoms with van der Waals surface area (Å²) in [5.74, 6) is 1.02. The molecule has 2 heterocycles. The summed E-state index contributed by atoms with van der Waals surface area (Å²) in [6.45, 7) is 2.61. The Morgan fingerprint density at radius 2 is 2.00 bits per heavy atom. The van der Waals surface area contributed by atoms with Crippen LogP contribution in [0.3, 0.4) is 0 Å². The molecule has 1 aromatic heterocycles. The number of imidazole rings is 1. The van der Waals surface area contributed by atoms with Gasteiger partial charge in [0, 0.05) is 58.3 Å². The highest BCUT2D eigenvalue weighted by Crippen LogP contribution is 2.30. The van der Waals surface area contributed by atoms with Gasteiger partial charge in [-0.3, -0.25) is 4.79 Å². The minimum Gasteiger partial charge on any atom is -0.385 e. The fourth-order valence-electron chi connectivity index (χ4n) is 4.80. The summed E-state index contributed by atoms with van der Waals surface area (Å²) in [4.78, 5) is 19.9. The van der Waals surface area contributed by atoms with Crippen LogP contribution in [0.25, 0.3) is 11.0 Å². The monoisotopic (exact) mass is 547 g/mol. The van der Waals surface area contributed by atoms with Gasteiger partial charge in [0.25, 0.3) is 0 Å². The summed E-state index contributed by atoms with van der Waals surface area (Å²) in [6, 6.07) is 13.6. The number of nitrogens with two attached hydrogens (primary N) is 1. The third kappa shape index (κ3) is 6.69. The van der Waals surface area contributed by atoms with Gasteiger partial charge in [-0.15, -0.1) is 0 Å². The molecule has 0 unspecified atom stereocenters. The molecule has 3 N–H and O–H groups in total. The number of likely N-dealkylation sites (tertiary alicyclic amines) is 1. The Balaban J connectivity index is 1.39. The molecule has 0 radical (unpaired) electrons. The summed E-state index contributed by atoms with van der Waals surface area (Å²) < 4.78 is 35.1. The number of ether oxygens (including phenoxy) is 1. The van der Waals surface area contributed by atoms with Crippen LogP contribution in [0, 0.1) is 0 Å². The summed E-state index contributed by atoms with van der Waals surface area (Å²) in [5, 5.41) is 0.132. The standard InChI is InChI=1S/C26H34ClN5O4S/c1-36-15-7-14-32-23-11-4-3-10-22(23)30-26(32)19-8-6-13-31(18-19)25(33)16-20(28)17-29-37(34,35)24-12-5-2-9-21(24)27/h2-5,9-12,19-20,29H,6-8,13-18,28H2,1H3/t19-,20-/m1/s1. The first kappa shape index (κ1) is 27.5. The highest BCUT2D eigenvalue weighted by Gasteiger charge is 2.29. The number of para-hydroxylation sites is 2. The molecule has 2 atom stereocenters. The second-order valence-corrected chi connectivity index (χ2v) is 11.5. The Morgan fingerprint density at radius 1 is 1.24 bits per heavy atom. The van der Waals surface area contributed by atoms with Crippen molar-refractivity contribution < 1.29 is 17.9 Å². The number of sulfonamides is 1. The van der Waals surface area contributed by atoms with E-state index in [-0.39, 0.29) is 34.7 Å². The molecule has 1 aliphatic heterocycles. The Labute approximate surface area is 223 Å². The molecule has 9 nitrogen and oxygen atoms in total. The summed E-state index contributed by atoms with van der Waals surface area (Å²) in [7, 11) is -2.13. The minimum atomic E-state index is -3.83. The van der Waals surface area contributed by atoms with Gasteiger partial charge in [0.2, 0.25) is 15.9 Å². The van der Waals surface area contributed by atoms with Gasteiger partial charge in [0.05, 0.1) is 16.1 Å². The van der Waals surface area contributed by atoms with Crippen LogP contribution in [0.1, 0.15) is 37.4 Å². The maximum atomic E-state index is 13.1. The van der Waals surface area contributed by atoms with Gasteiger partial charge in [0.1, 0.15) is 10.7 Å². The van der Waals surface area contributed by atoms with Crippen molar-refractivity contribution in [1.82, 2.24) is 19.2 Å². The molecule has 3 aromatic rings. The molecule has 0 bridgehead atoms. The van der Waals surface area contributed by atoms with Crippen LogP contribution in [-0.2, 0) is 26.1 Å². The molecule has 1 aliphatic rings. The number of hydrogen-bond acceptors (Lipinski definition) is 6. The van der Waals surface area contributed by atoms with E-state index in [1.165, 1.54) is 12.1 Å². The van der Waals surface area contributed by atoms with E-state index < -0.39 is 16.1 Å². The second-order valence-electron chi connectivity index (χ2n) is 9.38. The van der Waals surface area contributed by atoms with Crippen LogP contribution in [0.15, 0.2) is 53.4 Å². The van der Waals surface area contributed by atoms with E-state index in [2.05, 4.69) is 15.4 Å². The zero-order valence-electron chi connectivity index (χ0n) is 21.0. The van der Waals surface area contributed by atoms with Gasteiger partial charge < -0.3 is 19.9 Å². The maximum absolute atomic E-state index is 13.1. The van der Waals surface area contributed by atoms with Gasteiger partial charge in [-0.1, -0.05) is 35.9 Å². The SMILES string of the molecule is COCCCn1c([C@@H]2CCCN(C(=O)C[C@@H](N)CNS(=O)(=O)c3ccccc3Cl)C2)nc2ccccc21. The normalized spacial score (nSPS) is 17.3. The quantitative estimate of drug-likeness (QED) is 0.356. The predicted octanol–water partition coefficient (Wildman–Crippen LogP) is 3.13. The highest BCUT2D eigenvalue weighted by atomic mass is 35.5. The number of nitrogens with zero attached hydrogens (tertiary/aromatic N) is 3. The molecule has 1 saturated heterocycles. The molecular weight excluding hydrogens is 514 g/mol. The van der Waals surface area contributed by atoms with Gasteiger partial charge in [-0.25, -0.2) is 18.1 Å².